The van der Waals surface area contributed by atoms with Crippen LogP contribution >= 0.6 is 0 Å². The van der Waals surface area contributed by atoms with Gasteiger partial charge in [-0.15, -0.1) is 0 Å². The highest BCUT2D eigenvalue weighted by Crippen LogP contribution is 2.45. The van der Waals surface area contributed by atoms with E-state index in [9.17, 15) is 0 Å². The van der Waals surface area contributed by atoms with Crippen LogP contribution in [0.2, 0.25) is 0 Å². The second-order valence-electron chi connectivity index (χ2n) is 8.21. The second-order valence-corrected chi connectivity index (χ2v) is 8.21. The molecule has 5 rings (SSSR count). The summed E-state index contributed by atoms with van der Waals surface area (Å²) in [6, 6.07) is 20.8. The smallest absolute Gasteiger partial charge is 0.216 e. The van der Waals surface area contributed by atoms with Crippen LogP contribution in [0.15, 0.2) is 71.3 Å². The normalized spacial score (nSPS) is 11.2. The zero-order valence-electron chi connectivity index (χ0n) is 18.2. The molecule has 0 radical (unpaired) electrons. The summed E-state index contributed by atoms with van der Waals surface area (Å²) < 4.78 is 8.78. The number of pyridine rings is 1. The van der Waals surface area contributed by atoms with Gasteiger partial charge in [0.2, 0.25) is 11.4 Å². The van der Waals surface area contributed by atoms with E-state index in [-0.39, 0.29) is 0 Å². The van der Waals surface area contributed by atoms with Crippen LogP contribution in [-0.2, 0) is 7.05 Å². The first kappa shape index (κ1) is 19.1. The molecule has 0 saturated heterocycles. The Morgan fingerprint density at radius 1 is 0.806 bits per heavy atom. The summed E-state index contributed by atoms with van der Waals surface area (Å²) in [4.78, 5) is 3.87. The molecule has 5 aromatic rings. The molecule has 150 valence electrons. The van der Waals surface area contributed by atoms with Crippen LogP contribution in [0, 0.1) is 27.3 Å². The topological polar surface area (TPSA) is 21.4 Å². The minimum absolute atomic E-state index is 0.650. The van der Waals surface area contributed by atoms with Crippen LogP contribution in [0.3, 0.4) is 0 Å². The van der Waals surface area contributed by atoms with Gasteiger partial charge in [-0.25, -0.2) is 9.41 Å². The van der Waals surface area contributed by atoms with Crippen molar-refractivity contribution >= 4 is 27.6 Å². The van der Waals surface area contributed by atoms with Crippen LogP contribution in [0.4, 0.5) is 5.69 Å². The predicted molar refractivity (Wildman–Crippen MR) is 126 cm³/mol. The largest absolute Gasteiger partial charge is 0.456 e. The third-order valence-corrected chi connectivity index (χ3v) is 6.01. The van der Waals surface area contributed by atoms with Crippen LogP contribution in [0.1, 0.15) is 16.7 Å². The number of hydrogen-bond donors (Lipinski definition) is 0. The maximum absolute atomic E-state index is 7.82. The zero-order valence-corrected chi connectivity index (χ0v) is 18.2. The summed E-state index contributed by atoms with van der Waals surface area (Å²) in [7, 11) is 2.07. The molecule has 0 aliphatic carbocycles. The minimum atomic E-state index is 0.650. The molecule has 31 heavy (non-hydrogen) atoms. The van der Waals surface area contributed by atoms with Gasteiger partial charge in [0.25, 0.3) is 0 Å². The average molecular weight is 404 g/mol. The Kier molecular flexibility index (Phi) is 4.38. The lowest BCUT2D eigenvalue weighted by molar-refractivity contribution is -0.660. The average Bonchev–Trinajstić information content (AvgIpc) is 3.12. The number of furan rings is 1. The first-order valence-corrected chi connectivity index (χ1v) is 10.4. The van der Waals surface area contributed by atoms with E-state index in [0.717, 1.165) is 55.4 Å². The van der Waals surface area contributed by atoms with Gasteiger partial charge in [-0.2, -0.15) is 0 Å². The molecular formula is C28H23N2O+. The van der Waals surface area contributed by atoms with Gasteiger partial charge in [-0.3, -0.25) is 0 Å². The zero-order chi connectivity index (χ0) is 21.7. The van der Waals surface area contributed by atoms with Crippen LogP contribution in [0.5, 0.6) is 0 Å². The molecule has 0 N–H and O–H groups in total. The van der Waals surface area contributed by atoms with E-state index >= 15 is 0 Å². The van der Waals surface area contributed by atoms with Crippen molar-refractivity contribution in [2.24, 2.45) is 7.05 Å². The highest BCUT2D eigenvalue weighted by Gasteiger charge is 2.24. The highest BCUT2D eigenvalue weighted by molar-refractivity contribution is 6.15. The van der Waals surface area contributed by atoms with E-state index in [4.69, 9.17) is 11.0 Å². The fourth-order valence-electron chi connectivity index (χ4n) is 4.54. The molecule has 0 bridgehead atoms. The fourth-order valence-corrected chi connectivity index (χ4v) is 4.54. The van der Waals surface area contributed by atoms with Gasteiger partial charge >= 0.3 is 0 Å². The lowest BCUT2D eigenvalue weighted by atomic mass is 9.96. The van der Waals surface area contributed by atoms with E-state index in [1.807, 2.05) is 37.3 Å². The van der Waals surface area contributed by atoms with Crippen molar-refractivity contribution in [1.29, 1.82) is 0 Å². The van der Waals surface area contributed by atoms with Gasteiger partial charge in [-0.05, 0) is 43.5 Å². The monoisotopic (exact) mass is 403 g/mol. The van der Waals surface area contributed by atoms with Crippen LogP contribution in [-0.4, -0.2) is 0 Å². The molecule has 0 aliphatic heterocycles. The number of aromatic nitrogens is 1. The van der Waals surface area contributed by atoms with E-state index in [0.29, 0.717) is 5.69 Å². The van der Waals surface area contributed by atoms with Crippen molar-refractivity contribution in [3.63, 3.8) is 0 Å². The van der Waals surface area contributed by atoms with Gasteiger partial charge in [0.05, 0.1) is 12.1 Å². The molecule has 3 aromatic carbocycles. The maximum Gasteiger partial charge on any atom is 0.216 e. The lowest BCUT2D eigenvalue weighted by Crippen LogP contribution is -2.31. The molecule has 2 heterocycles. The molecule has 0 spiro atoms. The molecule has 3 nitrogen and oxygen atoms in total. The molecule has 2 aromatic heterocycles. The quantitative estimate of drug-likeness (QED) is 0.225. The maximum atomic E-state index is 7.82. The minimum Gasteiger partial charge on any atom is -0.456 e. The van der Waals surface area contributed by atoms with Crippen molar-refractivity contribution in [3.05, 3.63) is 95.0 Å². The molecule has 0 saturated carbocycles. The van der Waals surface area contributed by atoms with Crippen molar-refractivity contribution in [3.8, 4) is 22.4 Å². The number of rotatable bonds is 2. The third kappa shape index (κ3) is 2.92. The molecule has 0 aliphatic rings. The number of benzene rings is 3. The van der Waals surface area contributed by atoms with Gasteiger partial charge in [0.15, 0.2) is 6.20 Å². The Balaban J connectivity index is 1.95. The summed E-state index contributed by atoms with van der Waals surface area (Å²) in [5.74, 6) is 0. The van der Waals surface area contributed by atoms with Crippen LogP contribution < -0.4 is 4.57 Å². The second kappa shape index (κ2) is 7.11. The lowest BCUT2D eigenvalue weighted by Gasteiger charge is -2.08. The molecular weight excluding hydrogens is 380 g/mol. The summed E-state index contributed by atoms with van der Waals surface area (Å²) >= 11 is 0. The number of fused-ring (bicyclic) bond motifs is 3. The number of aryl methyl sites for hydroxylation is 4. The van der Waals surface area contributed by atoms with E-state index in [1.165, 1.54) is 5.56 Å². The van der Waals surface area contributed by atoms with E-state index in [2.05, 4.69) is 66.8 Å². The van der Waals surface area contributed by atoms with E-state index < -0.39 is 0 Å². The Hall–Kier alpha value is -3.90. The van der Waals surface area contributed by atoms with Gasteiger partial charge in [0, 0.05) is 28.0 Å². The molecule has 3 heteroatoms. The summed E-state index contributed by atoms with van der Waals surface area (Å²) in [6.45, 7) is 14.0. The van der Waals surface area contributed by atoms with Crippen molar-refractivity contribution in [2.45, 2.75) is 20.8 Å². The Morgan fingerprint density at radius 2 is 1.55 bits per heavy atom. The van der Waals surface area contributed by atoms with Crippen LogP contribution in [0.25, 0.3) is 49.2 Å². The summed E-state index contributed by atoms with van der Waals surface area (Å²) in [5, 5.41) is 2.13. The molecule has 0 unspecified atom stereocenters. The Bertz CT molecular complexity index is 1520. The van der Waals surface area contributed by atoms with Crippen molar-refractivity contribution in [1.82, 2.24) is 0 Å². The Labute approximate surface area is 182 Å². The number of hydrogen-bond acceptors (Lipinski definition) is 1. The standard InChI is InChI=1S/C28H23N2O/c1-17-11-14-23(30(5)16-17)24-18(2)12-13-21-22-15-19(3)26(29-4)25(28(22)31-27(21)24)20-9-7-6-8-10-20/h6-16H,1-3,5H3/q+1. The first-order chi connectivity index (χ1) is 15.0. The summed E-state index contributed by atoms with van der Waals surface area (Å²) in [6.07, 6.45) is 2.13. The third-order valence-electron chi connectivity index (χ3n) is 6.01. The highest BCUT2D eigenvalue weighted by atomic mass is 16.3. The Morgan fingerprint density at radius 3 is 2.26 bits per heavy atom. The summed E-state index contributed by atoms with van der Waals surface area (Å²) in [5.41, 5.74) is 9.71. The van der Waals surface area contributed by atoms with Crippen molar-refractivity contribution < 1.29 is 8.98 Å². The van der Waals surface area contributed by atoms with Gasteiger partial charge in [-0.1, -0.05) is 48.5 Å². The molecule has 0 atom stereocenters. The van der Waals surface area contributed by atoms with Gasteiger partial charge in [0.1, 0.15) is 18.2 Å². The number of nitrogens with zero attached hydrogens (tertiary/aromatic N) is 2. The van der Waals surface area contributed by atoms with Gasteiger partial charge < -0.3 is 4.42 Å². The van der Waals surface area contributed by atoms with E-state index in [1.54, 1.807) is 0 Å². The fraction of sp³-hybridized carbons (Fsp3) is 0.143. The molecule has 0 amide bonds. The van der Waals surface area contributed by atoms with Crippen molar-refractivity contribution in [2.75, 3.05) is 0 Å². The predicted octanol–water partition coefficient (Wildman–Crippen LogP) is 7.22. The first-order valence-electron chi connectivity index (χ1n) is 10.4. The molecule has 0 fully saturated rings. The SMILES string of the molecule is [C-]#[N+]c1c(C)cc2c(oc3c(-c4ccc(C)c[n+]4C)c(C)ccc32)c1-c1ccccc1.